The lowest BCUT2D eigenvalue weighted by atomic mass is 9.62. The highest BCUT2D eigenvalue weighted by atomic mass is 16.2. The second-order valence-corrected chi connectivity index (χ2v) is 14.7. The molecule has 5 heterocycles. The summed E-state index contributed by atoms with van der Waals surface area (Å²) in [5.41, 5.74) is 0.200. The van der Waals surface area contributed by atoms with Crippen LogP contribution < -0.4 is 14.7 Å². The maximum atomic E-state index is 15.4. The average Bonchev–Trinajstić information content (AvgIpc) is 3.84. The van der Waals surface area contributed by atoms with Gasteiger partial charge in [-0.05, 0) is 63.5 Å². The number of carbonyl (C=O) groups is 5. The van der Waals surface area contributed by atoms with Gasteiger partial charge in [0.1, 0.15) is 0 Å². The third-order valence-electron chi connectivity index (χ3n) is 12.5. The molecular weight excluding hydrogens is 665 g/mol. The standard InChI is InChI=1S/C44H30N4O5/c1-45-39(50)31-14-6-9-17-35(31)48-43(34-24-36(49)46(40(34)51)29-20-18-25-10-2-4-12-27(25)22-29)32-15-7-8-16-33(32)44(45,48)38-37(43)41(52)47(42(38)53)30-21-19-26-11-3-5-13-28(26)23-30/h2-23,34,37-38H,24H2,1H3/t34-,37?,38?,43?,44?/m0/s1. The van der Waals surface area contributed by atoms with Gasteiger partial charge in [0.25, 0.3) is 5.91 Å². The van der Waals surface area contributed by atoms with Crippen molar-refractivity contribution in [3.63, 3.8) is 0 Å². The zero-order valence-corrected chi connectivity index (χ0v) is 28.5. The second-order valence-electron chi connectivity index (χ2n) is 14.7. The van der Waals surface area contributed by atoms with Crippen LogP contribution in [0, 0.1) is 17.8 Å². The number of nitrogens with zero attached hydrogens (tertiary/aromatic N) is 4. The fourth-order valence-electron chi connectivity index (χ4n) is 10.6. The molecule has 3 saturated heterocycles. The van der Waals surface area contributed by atoms with Gasteiger partial charge in [0.15, 0.2) is 5.66 Å². The second kappa shape index (κ2) is 10.0. The number of fused-ring (bicyclic) bond motifs is 7. The van der Waals surface area contributed by atoms with Gasteiger partial charge < -0.3 is 9.80 Å². The molecule has 0 spiro atoms. The Labute approximate surface area is 303 Å². The van der Waals surface area contributed by atoms with Crippen LogP contribution in [0.2, 0.25) is 0 Å². The molecule has 6 aromatic rings. The molecule has 5 aliphatic heterocycles. The topological polar surface area (TPSA) is 98.3 Å². The summed E-state index contributed by atoms with van der Waals surface area (Å²) in [5, 5.41) is 3.68. The Morgan fingerprint density at radius 1 is 0.547 bits per heavy atom. The predicted molar refractivity (Wildman–Crippen MR) is 199 cm³/mol. The van der Waals surface area contributed by atoms with Gasteiger partial charge in [-0.25, -0.2) is 4.90 Å². The van der Waals surface area contributed by atoms with Crippen LogP contribution in [-0.4, -0.2) is 41.5 Å². The molecule has 4 unspecified atom stereocenters. The monoisotopic (exact) mass is 694 g/mol. The molecule has 0 radical (unpaired) electrons. The Bertz CT molecular complexity index is 2710. The van der Waals surface area contributed by atoms with Crippen LogP contribution in [0.15, 0.2) is 133 Å². The Morgan fingerprint density at radius 3 is 1.77 bits per heavy atom. The Morgan fingerprint density at radius 2 is 1.09 bits per heavy atom. The number of hydrogen-bond acceptors (Lipinski definition) is 6. The number of carbonyl (C=O) groups excluding carboxylic acids is 5. The molecule has 256 valence electrons. The normalized spacial score (nSPS) is 26.9. The van der Waals surface area contributed by atoms with E-state index in [1.54, 1.807) is 36.2 Å². The predicted octanol–water partition coefficient (Wildman–Crippen LogP) is 6.35. The first-order valence-electron chi connectivity index (χ1n) is 17.8. The van der Waals surface area contributed by atoms with Crippen molar-refractivity contribution in [2.45, 2.75) is 17.6 Å². The molecule has 11 rings (SSSR count). The van der Waals surface area contributed by atoms with Crippen molar-refractivity contribution >= 4 is 68.1 Å². The molecule has 3 fully saturated rings. The van der Waals surface area contributed by atoms with E-state index in [9.17, 15) is 9.59 Å². The van der Waals surface area contributed by atoms with E-state index < -0.39 is 46.7 Å². The molecule has 0 N–H and O–H groups in total. The van der Waals surface area contributed by atoms with E-state index in [0.29, 0.717) is 33.8 Å². The fourth-order valence-corrected chi connectivity index (χ4v) is 10.6. The molecule has 9 nitrogen and oxygen atoms in total. The summed E-state index contributed by atoms with van der Waals surface area (Å²) < 4.78 is 0. The van der Waals surface area contributed by atoms with Crippen molar-refractivity contribution in [1.82, 2.24) is 4.90 Å². The van der Waals surface area contributed by atoms with Gasteiger partial charge in [-0.1, -0.05) is 97.1 Å². The van der Waals surface area contributed by atoms with Crippen molar-refractivity contribution in [3.05, 3.63) is 150 Å². The Kier molecular flexibility index (Phi) is 5.69. The summed E-state index contributed by atoms with van der Waals surface area (Å²) in [6, 6.07) is 41.2. The Hall–Kier alpha value is -6.61. The smallest absolute Gasteiger partial charge is 0.257 e. The fraction of sp³-hybridized carbons (Fsp3) is 0.159. The molecule has 0 aliphatic carbocycles. The summed E-state index contributed by atoms with van der Waals surface area (Å²) in [5.74, 6) is -5.27. The van der Waals surface area contributed by atoms with Gasteiger partial charge in [0.05, 0.1) is 45.9 Å². The van der Waals surface area contributed by atoms with Crippen LogP contribution in [0.1, 0.15) is 27.9 Å². The highest BCUT2D eigenvalue weighted by molar-refractivity contribution is 6.27. The van der Waals surface area contributed by atoms with Crippen LogP contribution >= 0.6 is 0 Å². The number of imide groups is 2. The van der Waals surface area contributed by atoms with Gasteiger partial charge in [0, 0.05) is 19.0 Å². The number of rotatable bonds is 3. The van der Waals surface area contributed by atoms with Crippen LogP contribution in [0.5, 0.6) is 0 Å². The number of hydrogen-bond donors (Lipinski definition) is 0. The van der Waals surface area contributed by atoms with E-state index in [1.165, 1.54) is 9.80 Å². The highest BCUT2D eigenvalue weighted by Gasteiger charge is 2.85. The van der Waals surface area contributed by atoms with Crippen molar-refractivity contribution in [2.24, 2.45) is 17.8 Å². The molecule has 9 heteroatoms. The van der Waals surface area contributed by atoms with Crippen LogP contribution in [-0.2, 0) is 30.4 Å². The summed E-state index contributed by atoms with van der Waals surface area (Å²) in [6.45, 7) is 0. The maximum Gasteiger partial charge on any atom is 0.257 e. The van der Waals surface area contributed by atoms with Gasteiger partial charge >= 0.3 is 0 Å². The first kappa shape index (κ1) is 30.1. The van der Waals surface area contributed by atoms with E-state index in [4.69, 9.17) is 0 Å². The van der Waals surface area contributed by atoms with Crippen LogP contribution in [0.25, 0.3) is 21.5 Å². The number of amides is 5. The summed E-state index contributed by atoms with van der Waals surface area (Å²) >= 11 is 0. The van der Waals surface area contributed by atoms with E-state index >= 15 is 14.4 Å². The van der Waals surface area contributed by atoms with Gasteiger partial charge in [0.2, 0.25) is 23.6 Å². The molecule has 2 bridgehead atoms. The largest absolute Gasteiger partial charge is 0.332 e. The zero-order valence-electron chi connectivity index (χ0n) is 28.5. The van der Waals surface area contributed by atoms with E-state index in [2.05, 4.69) is 0 Å². The van der Waals surface area contributed by atoms with Crippen LogP contribution in [0.4, 0.5) is 17.1 Å². The third-order valence-corrected chi connectivity index (χ3v) is 12.5. The van der Waals surface area contributed by atoms with Crippen LogP contribution in [0.3, 0.4) is 0 Å². The minimum absolute atomic E-state index is 0.187. The molecule has 5 atom stereocenters. The summed E-state index contributed by atoms with van der Waals surface area (Å²) in [6.07, 6.45) is -0.187. The number of anilines is 3. The van der Waals surface area contributed by atoms with E-state index in [-0.39, 0.29) is 18.2 Å². The minimum atomic E-state index is -1.50. The first-order chi connectivity index (χ1) is 25.8. The average molecular weight is 695 g/mol. The number of benzene rings is 6. The molecule has 5 aliphatic rings. The maximum absolute atomic E-state index is 15.4. The molecule has 53 heavy (non-hydrogen) atoms. The summed E-state index contributed by atoms with van der Waals surface area (Å²) in [7, 11) is 1.68. The third kappa shape index (κ3) is 3.36. The van der Waals surface area contributed by atoms with Gasteiger partial charge in [-0.3, -0.25) is 28.9 Å². The molecular formula is C44H30N4O5. The van der Waals surface area contributed by atoms with E-state index in [0.717, 1.165) is 21.5 Å². The highest BCUT2D eigenvalue weighted by Crippen LogP contribution is 2.74. The quantitative estimate of drug-likeness (QED) is 0.201. The lowest BCUT2D eigenvalue weighted by molar-refractivity contribution is -0.127. The SMILES string of the molecule is CN1C(=O)c2ccccc2N2C3([C@H]4CC(=O)N(c5ccc6ccccc6c5)C4=O)c4ccccc4C12C1C(=O)N(c2ccc4ccccc4c2)C(=O)C13. The van der Waals surface area contributed by atoms with Gasteiger partial charge in [-0.15, -0.1) is 0 Å². The van der Waals surface area contributed by atoms with Crippen molar-refractivity contribution < 1.29 is 24.0 Å². The number of para-hydroxylation sites is 1. The molecule has 0 aromatic heterocycles. The lowest BCUT2D eigenvalue weighted by Crippen LogP contribution is -2.64. The van der Waals surface area contributed by atoms with Gasteiger partial charge in [-0.2, -0.15) is 0 Å². The minimum Gasteiger partial charge on any atom is -0.332 e. The van der Waals surface area contributed by atoms with E-state index in [1.807, 2.05) is 114 Å². The lowest BCUT2D eigenvalue weighted by Gasteiger charge is -2.52. The van der Waals surface area contributed by atoms with Crippen molar-refractivity contribution in [3.8, 4) is 0 Å². The van der Waals surface area contributed by atoms with Crippen molar-refractivity contribution in [1.29, 1.82) is 0 Å². The first-order valence-corrected chi connectivity index (χ1v) is 17.8. The zero-order chi connectivity index (χ0) is 36.0. The molecule has 5 amide bonds. The molecule has 6 aromatic carbocycles. The summed E-state index contributed by atoms with van der Waals surface area (Å²) in [4.78, 5) is 80.7. The van der Waals surface area contributed by atoms with Crippen molar-refractivity contribution in [2.75, 3.05) is 21.7 Å². The Balaban J connectivity index is 1.18. The molecule has 0 saturated carbocycles.